The standard InChI is InChI=1S/C14H14O2.C10H10O2.C9H10O2.C7H13F3O2/c1-15-13-7-3-11(4-8-13)12-5-9-14(16-2)10-6-12;1-7(11)9-3-5-10(6-4-9)8(2)12;1-7(10)8-3-5-9(11-2)6-4-8;1-11-4-3-6(5-12-2)7(8,9)10/h3-10H,1-2H3;3-6H,1-2H3;3-6H,1-2H3;6H,3-5H2,1-2H3. The van der Waals surface area contributed by atoms with Gasteiger partial charge in [0.1, 0.15) is 17.2 Å². The van der Waals surface area contributed by atoms with Gasteiger partial charge in [-0.25, -0.2) is 0 Å². The number of Topliss-reactive ketones (excluding diaryl/α,β-unsaturated/α-hetero) is 3. The SMILES string of the molecule is CC(=O)c1ccc(C(C)=O)cc1.COCCC(COC)C(F)(F)F.COc1ccc(-c2ccc(OC)cc2)cc1.COc1ccc(C(C)=O)cc1. The molecular weight excluding hydrogens is 665 g/mol. The third-order valence-corrected chi connectivity index (χ3v) is 7.21. The maximum absolute atomic E-state index is 12.1. The van der Waals surface area contributed by atoms with Gasteiger partial charge in [-0.1, -0.05) is 48.5 Å². The van der Waals surface area contributed by atoms with Crippen LogP contribution < -0.4 is 14.2 Å². The minimum atomic E-state index is -4.19. The Morgan fingerprint density at radius 1 is 0.510 bits per heavy atom. The van der Waals surface area contributed by atoms with Gasteiger partial charge in [-0.15, -0.1) is 0 Å². The maximum atomic E-state index is 12.1. The van der Waals surface area contributed by atoms with Crippen LogP contribution in [0.5, 0.6) is 17.2 Å². The van der Waals surface area contributed by atoms with Crippen LogP contribution in [-0.4, -0.2) is 72.3 Å². The normalized spacial score (nSPS) is 10.8. The number of halogens is 3. The van der Waals surface area contributed by atoms with Gasteiger partial charge in [-0.2, -0.15) is 13.2 Å². The maximum Gasteiger partial charge on any atom is 0.394 e. The molecule has 1 unspecified atom stereocenters. The fourth-order valence-electron chi connectivity index (χ4n) is 4.14. The van der Waals surface area contributed by atoms with Gasteiger partial charge in [-0.3, -0.25) is 14.4 Å². The van der Waals surface area contributed by atoms with E-state index in [-0.39, 0.29) is 37.0 Å². The monoisotopic (exact) mass is 712 g/mol. The second kappa shape index (κ2) is 23.4. The lowest BCUT2D eigenvalue weighted by molar-refractivity contribution is -0.190. The van der Waals surface area contributed by atoms with Crippen LogP contribution in [-0.2, 0) is 9.47 Å². The van der Waals surface area contributed by atoms with Crippen molar-refractivity contribution in [1.29, 1.82) is 0 Å². The topological polar surface area (TPSA) is 97.4 Å². The molecule has 0 amide bonds. The minimum absolute atomic E-state index is 0.0186. The molecule has 4 aromatic carbocycles. The van der Waals surface area contributed by atoms with E-state index in [0.29, 0.717) is 16.7 Å². The molecule has 8 nitrogen and oxygen atoms in total. The van der Waals surface area contributed by atoms with Crippen LogP contribution in [0.3, 0.4) is 0 Å². The number of alkyl halides is 3. The average molecular weight is 713 g/mol. The van der Waals surface area contributed by atoms with E-state index in [1.807, 2.05) is 48.5 Å². The summed E-state index contributed by atoms with van der Waals surface area (Å²) in [5.41, 5.74) is 4.33. The second-order valence-electron chi connectivity index (χ2n) is 10.9. The summed E-state index contributed by atoms with van der Waals surface area (Å²) in [6, 6.07) is 29.7. The Labute approximate surface area is 298 Å². The lowest BCUT2D eigenvalue weighted by atomic mass is 10.1. The van der Waals surface area contributed by atoms with E-state index in [1.165, 1.54) is 39.2 Å². The van der Waals surface area contributed by atoms with Crippen LogP contribution in [0.2, 0.25) is 0 Å². The predicted octanol–water partition coefficient (Wildman–Crippen LogP) is 9.21. The molecular formula is C40H47F3O8. The fraction of sp³-hybridized carbons (Fsp3) is 0.325. The Morgan fingerprint density at radius 3 is 1.04 bits per heavy atom. The summed E-state index contributed by atoms with van der Waals surface area (Å²) in [6.45, 7) is 4.35. The van der Waals surface area contributed by atoms with Crippen molar-refractivity contribution in [2.75, 3.05) is 48.8 Å². The number of ketones is 3. The summed E-state index contributed by atoms with van der Waals surface area (Å²) in [6.07, 6.45) is -4.23. The quantitative estimate of drug-likeness (QED) is 0.134. The largest absolute Gasteiger partial charge is 0.497 e. The van der Waals surface area contributed by atoms with Crippen molar-refractivity contribution in [3.63, 3.8) is 0 Å². The van der Waals surface area contributed by atoms with E-state index in [0.717, 1.165) is 17.2 Å². The minimum Gasteiger partial charge on any atom is -0.497 e. The Kier molecular flexibility index (Phi) is 20.2. The number of ether oxygens (including phenoxy) is 5. The number of carbonyl (C=O) groups is 3. The third kappa shape index (κ3) is 17.0. The van der Waals surface area contributed by atoms with Crippen molar-refractivity contribution in [3.05, 3.63) is 114 Å². The number of benzene rings is 4. The molecule has 0 fully saturated rings. The Morgan fingerprint density at radius 2 is 0.804 bits per heavy atom. The van der Waals surface area contributed by atoms with Crippen molar-refractivity contribution < 1.29 is 51.2 Å². The molecule has 11 heteroatoms. The van der Waals surface area contributed by atoms with Crippen molar-refractivity contribution in [2.24, 2.45) is 5.92 Å². The van der Waals surface area contributed by atoms with Crippen LogP contribution in [0.4, 0.5) is 13.2 Å². The van der Waals surface area contributed by atoms with Crippen molar-refractivity contribution in [3.8, 4) is 28.4 Å². The van der Waals surface area contributed by atoms with Crippen molar-refractivity contribution in [1.82, 2.24) is 0 Å². The summed E-state index contributed by atoms with van der Waals surface area (Å²) in [4.78, 5) is 32.5. The van der Waals surface area contributed by atoms with E-state index < -0.39 is 12.1 Å². The van der Waals surface area contributed by atoms with Crippen LogP contribution >= 0.6 is 0 Å². The number of hydrogen-bond donors (Lipinski definition) is 0. The zero-order valence-corrected chi connectivity index (χ0v) is 30.3. The Bertz CT molecular complexity index is 1510. The number of hydrogen-bond acceptors (Lipinski definition) is 8. The van der Waals surface area contributed by atoms with Gasteiger partial charge in [0.25, 0.3) is 0 Å². The molecule has 0 aliphatic rings. The van der Waals surface area contributed by atoms with Gasteiger partial charge in [0, 0.05) is 37.5 Å². The van der Waals surface area contributed by atoms with Gasteiger partial charge in [-0.05, 0) is 86.8 Å². The molecule has 4 rings (SSSR count). The highest BCUT2D eigenvalue weighted by molar-refractivity contribution is 5.97. The first-order chi connectivity index (χ1) is 24.2. The zero-order valence-electron chi connectivity index (χ0n) is 30.3. The molecule has 0 heterocycles. The van der Waals surface area contributed by atoms with E-state index in [9.17, 15) is 27.6 Å². The van der Waals surface area contributed by atoms with Gasteiger partial charge in [0.05, 0.1) is 33.9 Å². The molecule has 0 bridgehead atoms. The molecule has 4 aromatic rings. The summed E-state index contributed by atoms with van der Waals surface area (Å²) in [5.74, 6) is 1.22. The van der Waals surface area contributed by atoms with Crippen LogP contribution in [0.25, 0.3) is 11.1 Å². The molecule has 0 radical (unpaired) electrons. The first-order valence-corrected chi connectivity index (χ1v) is 15.8. The molecule has 0 spiro atoms. The lowest BCUT2D eigenvalue weighted by Crippen LogP contribution is -2.28. The summed E-state index contributed by atoms with van der Waals surface area (Å²) in [5, 5.41) is 0. The van der Waals surface area contributed by atoms with Gasteiger partial charge >= 0.3 is 6.18 Å². The first kappa shape index (κ1) is 44.0. The molecule has 0 saturated heterocycles. The van der Waals surface area contributed by atoms with Gasteiger partial charge in [0.2, 0.25) is 0 Å². The van der Waals surface area contributed by atoms with Crippen molar-refractivity contribution in [2.45, 2.75) is 33.4 Å². The third-order valence-electron chi connectivity index (χ3n) is 7.21. The molecule has 0 aliphatic heterocycles. The first-order valence-electron chi connectivity index (χ1n) is 15.8. The van der Waals surface area contributed by atoms with Crippen LogP contribution in [0.15, 0.2) is 97.1 Å². The predicted molar refractivity (Wildman–Crippen MR) is 192 cm³/mol. The zero-order chi connectivity index (χ0) is 38.4. The van der Waals surface area contributed by atoms with E-state index in [1.54, 1.807) is 76.8 Å². The molecule has 0 aliphatic carbocycles. The molecule has 276 valence electrons. The van der Waals surface area contributed by atoms with Gasteiger partial charge < -0.3 is 23.7 Å². The molecule has 51 heavy (non-hydrogen) atoms. The van der Waals surface area contributed by atoms with Gasteiger partial charge in [0.15, 0.2) is 17.3 Å². The van der Waals surface area contributed by atoms with Crippen LogP contribution in [0, 0.1) is 5.92 Å². The molecule has 0 saturated carbocycles. The number of carbonyl (C=O) groups excluding carboxylic acids is 3. The summed E-state index contributed by atoms with van der Waals surface area (Å²) < 4.78 is 60.5. The van der Waals surface area contributed by atoms with E-state index >= 15 is 0 Å². The highest BCUT2D eigenvalue weighted by atomic mass is 19.4. The van der Waals surface area contributed by atoms with Crippen molar-refractivity contribution >= 4 is 17.3 Å². The van der Waals surface area contributed by atoms with E-state index in [4.69, 9.17) is 14.2 Å². The summed E-state index contributed by atoms with van der Waals surface area (Å²) >= 11 is 0. The second-order valence-corrected chi connectivity index (χ2v) is 10.9. The molecule has 1 atom stereocenters. The fourth-order valence-corrected chi connectivity index (χ4v) is 4.14. The highest BCUT2D eigenvalue weighted by Crippen LogP contribution is 2.29. The number of methoxy groups -OCH3 is 5. The summed E-state index contributed by atoms with van der Waals surface area (Å²) in [7, 11) is 7.57. The van der Waals surface area contributed by atoms with Crippen LogP contribution in [0.1, 0.15) is 58.3 Å². The smallest absolute Gasteiger partial charge is 0.394 e. The highest BCUT2D eigenvalue weighted by Gasteiger charge is 2.38. The average Bonchev–Trinajstić information content (AvgIpc) is 3.13. The molecule has 0 aromatic heterocycles. The molecule has 0 N–H and O–H groups in total. The van der Waals surface area contributed by atoms with E-state index in [2.05, 4.69) is 9.47 Å². The number of rotatable bonds is 12. The lowest BCUT2D eigenvalue weighted by Gasteiger charge is -2.18. The Hall–Kier alpha value is -5.00. The Balaban J connectivity index is 0.000000344.